The minimum atomic E-state index is -5.57. The van der Waals surface area contributed by atoms with Crippen LogP contribution in [0.15, 0.2) is 33.6 Å². The quantitative estimate of drug-likeness (QED) is 0.578. The van der Waals surface area contributed by atoms with E-state index in [0.29, 0.717) is 18.4 Å². The molecule has 2 aromatic rings. The molecule has 0 aliphatic rings. The van der Waals surface area contributed by atoms with Gasteiger partial charge in [0.25, 0.3) is 9.84 Å². The molecule has 1 aromatic heterocycles. The van der Waals surface area contributed by atoms with Crippen LogP contribution in [-0.4, -0.2) is 25.3 Å². The third kappa shape index (κ3) is 2.84. The van der Waals surface area contributed by atoms with Crippen LogP contribution in [0.3, 0.4) is 0 Å². The van der Waals surface area contributed by atoms with E-state index in [4.69, 9.17) is 4.42 Å². The smallest absolute Gasteiger partial charge is 0.501 e. The molecule has 0 aliphatic carbocycles. The normalized spacial score (nSPS) is 12.4. The van der Waals surface area contributed by atoms with Gasteiger partial charge in [-0.05, 0) is 46.9 Å². The van der Waals surface area contributed by atoms with Crippen molar-refractivity contribution in [2.45, 2.75) is 10.4 Å². The minimum Gasteiger partial charge on any atom is -0.506 e. The third-order valence-electron chi connectivity index (χ3n) is 2.66. The summed E-state index contributed by atoms with van der Waals surface area (Å²) in [4.78, 5) is 9.53. The highest BCUT2D eigenvalue weighted by Crippen LogP contribution is 2.39. The Morgan fingerprint density at radius 2 is 1.86 bits per heavy atom. The molecule has 0 unspecified atom stereocenters. The SMILES string of the molecule is O=Cc1ccc(-c2cc(S(=O)(=O)C(F)(F)F)cc(I)c2O)o1. The van der Waals surface area contributed by atoms with E-state index in [-0.39, 0.29) is 20.7 Å². The minimum absolute atomic E-state index is 0.109. The predicted octanol–water partition coefficient (Wildman–Crippen LogP) is 3.36. The number of carbonyl (C=O) groups is 1. The van der Waals surface area contributed by atoms with Crippen molar-refractivity contribution >= 4 is 38.7 Å². The number of alkyl halides is 3. The van der Waals surface area contributed by atoms with E-state index >= 15 is 0 Å². The van der Waals surface area contributed by atoms with Gasteiger partial charge in [0, 0.05) is 0 Å². The second kappa shape index (κ2) is 5.57. The van der Waals surface area contributed by atoms with Crippen LogP contribution in [0.2, 0.25) is 0 Å². The van der Waals surface area contributed by atoms with E-state index in [1.54, 1.807) is 0 Å². The number of aromatic hydroxyl groups is 1. The van der Waals surface area contributed by atoms with Gasteiger partial charge in [-0.1, -0.05) is 0 Å². The molecular formula is C12H6F3IO5S. The molecule has 0 radical (unpaired) electrons. The Kier molecular flexibility index (Phi) is 4.26. The van der Waals surface area contributed by atoms with Crippen LogP contribution in [-0.2, 0) is 9.84 Å². The summed E-state index contributed by atoms with van der Waals surface area (Å²) in [6.45, 7) is 0. The summed E-state index contributed by atoms with van der Waals surface area (Å²) in [5.41, 5.74) is -5.73. The Hall–Kier alpha value is -1.56. The fourth-order valence-corrected chi connectivity index (χ4v) is 3.26. The number of hydrogen-bond donors (Lipinski definition) is 1. The lowest BCUT2D eigenvalue weighted by atomic mass is 10.1. The van der Waals surface area contributed by atoms with Gasteiger partial charge in [-0.3, -0.25) is 4.79 Å². The molecule has 0 amide bonds. The van der Waals surface area contributed by atoms with E-state index in [2.05, 4.69) is 0 Å². The average Bonchev–Trinajstić information content (AvgIpc) is 2.88. The topological polar surface area (TPSA) is 84.6 Å². The fraction of sp³-hybridized carbons (Fsp3) is 0.0833. The summed E-state index contributed by atoms with van der Waals surface area (Å²) in [5, 5.41) is 9.89. The standard InChI is InChI=1S/C12H6F3IO5S/c13-12(14,15)22(19,20)7-3-8(11(18)9(16)4-7)10-2-1-6(5-17)21-10/h1-5,18H. The van der Waals surface area contributed by atoms with Gasteiger partial charge in [-0.15, -0.1) is 0 Å². The van der Waals surface area contributed by atoms with Crippen molar-refractivity contribution in [2.24, 2.45) is 0 Å². The van der Waals surface area contributed by atoms with Gasteiger partial charge in [0.2, 0.25) is 0 Å². The van der Waals surface area contributed by atoms with Crippen molar-refractivity contribution in [3.05, 3.63) is 33.6 Å². The number of phenols is 1. The third-order valence-corrected chi connectivity index (χ3v) is 4.95. The number of rotatable bonds is 3. The molecule has 118 valence electrons. The molecule has 22 heavy (non-hydrogen) atoms. The number of halogens is 4. The van der Waals surface area contributed by atoms with Gasteiger partial charge >= 0.3 is 5.51 Å². The van der Waals surface area contributed by atoms with Gasteiger partial charge in [0.15, 0.2) is 12.0 Å². The molecule has 0 aliphatic heterocycles. The number of carbonyl (C=O) groups excluding carboxylic acids is 1. The Labute approximate surface area is 135 Å². The summed E-state index contributed by atoms with van der Waals surface area (Å²) in [6.07, 6.45) is 0.363. The van der Waals surface area contributed by atoms with Gasteiger partial charge < -0.3 is 9.52 Å². The largest absolute Gasteiger partial charge is 0.506 e. The molecule has 5 nitrogen and oxygen atoms in total. The van der Waals surface area contributed by atoms with Crippen molar-refractivity contribution in [2.75, 3.05) is 0 Å². The fourth-order valence-electron chi connectivity index (χ4n) is 1.61. The van der Waals surface area contributed by atoms with Crippen molar-refractivity contribution in [3.63, 3.8) is 0 Å². The highest BCUT2D eigenvalue weighted by molar-refractivity contribution is 14.1. The number of hydrogen-bond acceptors (Lipinski definition) is 5. The lowest BCUT2D eigenvalue weighted by Crippen LogP contribution is -2.23. The zero-order chi connectivity index (χ0) is 16.7. The van der Waals surface area contributed by atoms with Crippen molar-refractivity contribution in [1.82, 2.24) is 0 Å². The summed E-state index contributed by atoms with van der Waals surface area (Å²) in [6, 6.07) is 3.82. The number of phenolic OH excluding ortho intramolecular Hbond substituents is 1. The first-order valence-electron chi connectivity index (χ1n) is 5.47. The van der Waals surface area contributed by atoms with Crippen LogP contribution in [0.5, 0.6) is 5.75 Å². The van der Waals surface area contributed by atoms with Crippen LogP contribution in [0.25, 0.3) is 11.3 Å². The van der Waals surface area contributed by atoms with Crippen LogP contribution in [0.1, 0.15) is 10.6 Å². The van der Waals surface area contributed by atoms with Crippen molar-refractivity contribution in [1.29, 1.82) is 0 Å². The Balaban J connectivity index is 2.70. The van der Waals surface area contributed by atoms with E-state index in [0.717, 1.165) is 0 Å². The zero-order valence-corrected chi connectivity index (χ0v) is 13.4. The second-order valence-corrected chi connectivity index (χ2v) is 7.17. The van der Waals surface area contributed by atoms with Crippen LogP contribution in [0, 0.1) is 3.57 Å². The molecule has 0 atom stereocenters. The molecule has 0 saturated carbocycles. The first-order chi connectivity index (χ1) is 10.1. The predicted molar refractivity (Wildman–Crippen MR) is 77.2 cm³/mol. The number of furan rings is 1. The molecule has 0 saturated heterocycles. The molecule has 0 fully saturated rings. The number of benzene rings is 1. The van der Waals surface area contributed by atoms with E-state index < -0.39 is 26.0 Å². The monoisotopic (exact) mass is 446 g/mol. The molecular weight excluding hydrogens is 440 g/mol. The Morgan fingerprint density at radius 1 is 1.23 bits per heavy atom. The Morgan fingerprint density at radius 3 is 2.36 bits per heavy atom. The molecule has 1 N–H and O–H groups in total. The lowest BCUT2D eigenvalue weighted by molar-refractivity contribution is -0.0436. The summed E-state index contributed by atoms with van der Waals surface area (Å²) in [5.74, 6) is -0.696. The summed E-state index contributed by atoms with van der Waals surface area (Å²) >= 11 is 1.49. The van der Waals surface area contributed by atoms with Gasteiger partial charge in [0.1, 0.15) is 11.5 Å². The number of sulfone groups is 1. The Bertz CT molecular complexity index is 839. The van der Waals surface area contributed by atoms with Crippen LogP contribution >= 0.6 is 22.6 Å². The number of aldehydes is 1. The highest BCUT2D eigenvalue weighted by Gasteiger charge is 2.47. The molecule has 0 bridgehead atoms. The van der Waals surface area contributed by atoms with Crippen molar-refractivity contribution < 1.29 is 35.9 Å². The lowest BCUT2D eigenvalue weighted by Gasteiger charge is -2.11. The van der Waals surface area contributed by atoms with Crippen LogP contribution < -0.4 is 0 Å². The molecule has 1 aromatic carbocycles. The van der Waals surface area contributed by atoms with Gasteiger partial charge in [0.05, 0.1) is 14.0 Å². The van der Waals surface area contributed by atoms with E-state index in [1.807, 2.05) is 0 Å². The molecule has 0 spiro atoms. The van der Waals surface area contributed by atoms with Gasteiger partial charge in [-0.2, -0.15) is 13.2 Å². The maximum absolute atomic E-state index is 12.6. The molecule has 1 heterocycles. The zero-order valence-electron chi connectivity index (χ0n) is 10.4. The first-order valence-corrected chi connectivity index (χ1v) is 8.03. The highest BCUT2D eigenvalue weighted by atomic mass is 127. The van der Waals surface area contributed by atoms with E-state index in [1.165, 1.54) is 34.7 Å². The average molecular weight is 446 g/mol. The molecule has 10 heteroatoms. The molecule has 2 rings (SSSR count). The maximum Gasteiger partial charge on any atom is 0.501 e. The van der Waals surface area contributed by atoms with Gasteiger partial charge in [-0.25, -0.2) is 8.42 Å². The van der Waals surface area contributed by atoms with Crippen LogP contribution in [0.4, 0.5) is 13.2 Å². The van der Waals surface area contributed by atoms with E-state index in [9.17, 15) is 31.5 Å². The van der Waals surface area contributed by atoms with Crippen molar-refractivity contribution in [3.8, 4) is 17.1 Å². The maximum atomic E-state index is 12.6. The first kappa shape index (κ1) is 16.8. The second-order valence-electron chi connectivity index (χ2n) is 4.07. The summed E-state index contributed by atoms with van der Waals surface area (Å²) < 4.78 is 65.7. The summed E-state index contributed by atoms with van der Waals surface area (Å²) in [7, 11) is -5.57.